The third-order valence-electron chi connectivity index (χ3n) is 3.82. The van der Waals surface area contributed by atoms with E-state index in [0.29, 0.717) is 17.8 Å². The average molecular weight is 275 g/mol. The summed E-state index contributed by atoms with van der Waals surface area (Å²) in [5.74, 6) is 1.96. The van der Waals surface area contributed by atoms with Crippen molar-refractivity contribution >= 4 is 26.5 Å². The number of fused-ring (bicyclic) bond motifs is 2. The van der Waals surface area contributed by atoms with Crippen LogP contribution >= 0.6 is 15.9 Å². The Hall–Kier alpha value is -0.820. The summed E-state index contributed by atoms with van der Waals surface area (Å²) >= 11 is 3.82. The Morgan fingerprint density at radius 2 is 2.06 bits per heavy atom. The Kier molecular flexibility index (Phi) is 2.51. The van der Waals surface area contributed by atoms with E-state index in [0.717, 1.165) is 0 Å². The second-order valence-electron chi connectivity index (χ2n) is 4.81. The quantitative estimate of drug-likeness (QED) is 0.639. The summed E-state index contributed by atoms with van der Waals surface area (Å²) in [4.78, 5) is 0. The van der Waals surface area contributed by atoms with Crippen LogP contribution in [0.5, 0.6) is 0 Å². The van der Waals surface area contributed by atoms with Crippen molar-refractivity contribution in [3.8, 4) is 0 Å². The zero-order valence-corrected chi connectivity index (χ0v) is 10.9. The van der Waals surface area contributed by atoms with Gasteiger partial charge in [0.25, 0.3) is 0 Å². The maximum absolute atomic E-state index is 3.82. The first-order valence-electron chi connectivity index (χ1n) is 5.90. The van der Waals surface area contributed by atoms with Crippen LogP contribution in [-0.4, -0.2) is 0 Å². The third kappa shape index (κ3) is 1.49. The van der Waals surface area contributed by atoms with E-state index in [1.807, 2.05) is 0 Å². The molecule has 0 amide bonds. The molecule has 2 aliphatic rings. The highest BCUT2D eigenvalue weighted by Crippen LogP contribution is 2.39. The van der Waals surface area contributed by atoms with Crippen molar-refractivity contribution in [2.24, 2.45) is 17.8 Å². The van der Waals surface area contributed by atoms with Crippen LogP contribution in [0.15, 0.2) is 36.4 Å². The van der Waals surface area contributed by atoms with Gasteiger partial charge in [-0.1, -0.05) is 65.3 Å². The van der Waals surface area contributed by atoms with Crippen LogP contribution in [0.1, 0.15) is 13.3 Å². The molecular weight excluding hydrogens is 260 g/mol. The molecule has 0 bridgehead atoms. The number of allylic oxidation sites excluding steroid dienone is 2. The van der Waals surface area contributed by atoms with Gasteiger partial charge in [-0.2, -0.15) is 0 Å². The molecule has 0 saturated carbocycles. The van der Waals surface area contributed by atoms with Crippen LogP contribution < -0.4 is 10.4 Å². The first-order valence-corrected chi connectivity index (χ1v) is 6.70. The summed E-state index contributed by atoms with van der Waals surface area (Å²) in [6.45, 7) is 2.32. The molecule has 0 heterocycles. The Morgan fingerprint density at radius 1 is 1.25 bits per heavy atom. The van der Waals surface area contributed by atoms with E-state index in [2.05, 4.69) is 65.3 Å². The first kappa shape index (κ1) is 10.3. The minimum atomic E-state index is 0.648. The lowest BCUT2D eigenvalue weighted by Crippen LogP contribution is -2.37. The average Bonchev–Trinajstić information content (AvgIpc) is 2.31. The van der Waals surface area contributed by atoms with E-state index in [-0.39, 0.29) is 0 Å². The molecule has 0 spiro atoms. The number of hydrogen-bond donors (Lipinski definition) is 0. The molecule has 82 valence electrons. The molecule has 2 aliphatic carbocycles. The van der Waals surface area contributed by atoms with Gasteiger partial charge in [0, 0.05) is 10.4 Å². The predicted molar refractivity (Wildman–Crippen MR) is 72.4 cm³/mol. The van der Waals surface area contributed by atoms with Crippen LogP contribution in [0.4, 0.5) is 0 Å². The lowest BCUT2D eigenvalue weighted by atomic mass is 9.74. The molecule has 0 N–H and O–H groups in total. The monoisotopic (exact) mass is 274 g/mol. The van der Waals surface area contributed by atoms with Gasteiger partial charge < -0.3 is 0 Å². The van der Waals surface area contributed by atoms with E-state index in [1.54, 1.807) is 0 Å². The van der Waals surface area contributed by atoms with Crippen LogP contribution in [0, 0.1) is 17.8 Å². The molecule has 1 aromatic rings. The third-order valence-corrected chi connectivity index (χ3v) is 4.83. The summed E-state index contributed by atoms with van der Waals surface area (Å²) < 4.78 is 1.40. The highest BCUT2D eigenvalue weighted by molar-refractivity contribution is 9.14. The summed E-state index contributed by atoms with van der Waals surface area (Å²) in [7, 11) is 0. The molecule has 0 saturated heterocycles. The van der Waals surface area contributed by atoms with Crippen molar-refractivity contribution < 1.29 is 0 Å². The minimum absolute atomic E-state index is 0.648. The van der Waals surface area contributed by atoms with E-state index >= 15 is 0 Å². The van der Waals surface area contributed by atoms with Crippen LogP contribution in [0.25, 0.3) is 10.6 Å². The Morgan fingerprint density at radius 3 is 2.94 bits per heavy atom. The highest BCUT2D eigenvalue weighted by Gasteiger charge is 2.30. The molecule has 1 aromatic carbocycles. The lowest BCUT2D eigenvalue weighted by molar-refractivity contribution is 0.408. The maximum Gasteiger partial charge on any atom is 0.00690 e. The minimum Gasteiger partial charge on any atom is -0.0876 e. The summed E-state index contributed by atoms with van der Waals surface area (Å²) in [6.07, 6.45) is 8.31. The van der Waals surface area contributed by atoms with Gasteiger partial charge in [0.1, 0.15) is 0 Å². The second-order valence-corrected chi connectivity index (χ2v) is 5.66. The molecule has 0 nitrogen and oxygen atoms in total. The molecule has 0 aliphatic heterocycles. The van der Waals surface area contributed by atoms with E-state index in [4.69, 9.17) is 0 Å². The summed E-state index contributed by atoms with van der Waals surface area (Å²) in [5, 5.41) is 2.77. The van der Waals surface area contributed by atoms with Gasteiger partial charge in [-0.3, -0.25) is 0 Å². The SMILES string of the molecule is CC1C=CCC2C(Br)=c3ccccc3=CC12. The van der Waals surface area contributed by atoms with Gasteiger partial charge >= 0.3 is 0 Å². The van der Waals surface area contributed by atoms with E-state index in [9.17, 15) is 0 Å². The fourth-order valence-electron chi connectivity index (χ4n) is 2.90. The van der Waals surface area contributed by atoms with Crippen molar-refractivity contribution in [3.05, 3.63) is 46.9 Å². The number of benzene rings is 1. The summed E-state index contributed by atoms with van der Waals surface area (Å²) in [5.41, 5.74) is 0. The Labute approximate surface area is 105 Å². The maximum atomic E-state index is 3.82. The van der Waals surface area contributed by atoms with Crippen molar-refractivity contribution in [2.45, 2.75) is 13.3 Å². The zero-order valence-electron chi connectivity index (χ0n) is 9.36. The van der Waals surface area contributed by atoms with Crippen molar-refractivity contribution in [1.29, 1.82) is 0 Å². The number of hydrogen-bond acceptors (Lipinski definition) is 0. The second kappa shape index (κ2) is 3.89. The van der Waals surface area contributed by atoms with Crippen LogP contribution in [0.3, 0.4) is 0 Å². The van der Waals surface area contributed by atoms with Crippen LogP contribution in [0.2, 0.25) is 0 Å². The van der Waals surface area contributed by atoms with Crippen molar-refractivity contribution in [1.82, 2.24) is 0 Å². The Balaban J connectivity index is 2.26. The Bertz CT molecular complexity index is 553. The fraction of sp³-hybridized carbons (Fsp3) is 0.333. The largest absolute Gasteiger partial charge is 0.0876 e. The molecule has 0 radical (unpaired) electrons. The van der Waals surface area contributed by atoms with Gasteiger partial charge in [0.05, 0.1) is 0 Å². The predicted octanol–water partition coefficient (Wildman–Crippen LogP) is 2.81. The fourth-order valence-corrected chi connectivity index (χ4v) is 3.75. The molecule has 16 heavy (non-hydrogen) atoms. The van der Waals surface area contributed by atoms with Gasteiger partial charge in [-0.25, -0.2) is 0 Å². The molecule has 0 fully saturated rings. The van der Waals surface area contributed by atoms with Crippen molar-refractivity contribution in [2.75, 3.05) is 0 Å². The summed E-state index contributed by atoms with van der Waals surface area (Å²) in [6, 6.07) is 8.68. The number of halogens is 1. The number of rotatable bonds is 0. The standard InChI is InChI=1S/C15H15Br/c1-10-5-4-8-13-14(10)9-11-6-2-3-7-12(11)15(13)16/h2-7,9-10,13-14H,8H2,1H3. The molecule has 3 rings (SSSR count). The molecule has 1 heteroatoms. The normalized spacial score (nSPS) is 31.6. The molecule has 3 atom stereocenters. The smallest absolute Gasteiger partial charge is 0.00690 e. The highest BCUT2D eigenvalue weighted by atomic mass is 79.9. The van der Waals surface area contributed by atoms with E-state index < -0.39 is 0 Å². The van der Waals surface area contributed by atoms with Gasteiger partial charge in [-0.15, -0.1) is 0 Å². The zero-order chi connectivity index (χ0) is 11.1. The topological polar surface area (TPSA) is 0 Å². The van der Waals surface area contributed by atoms with Gasteiger partial charge in [0.15, 0.2) is 0 Å². The van der Waals surface area contributed by atoms with Gasteiger partial charge in [0.2, 0.25) is 0 Å². The first-order chi connectivity index (χ1) is 7.77. The molecular formula is C15H15Br. The molecule has 0 aromatic heterocycles. The van der Waals surface area contributed by atoms with Crippen LogP contribution in [-0.2, 0) is 0 Å². The van der Waals surface area contributed by atoms with E-state index in [1.165, 1.54) is 21.3 Å². The van der Waals surface area contributed by atoms with Gasteiger partial charge in [-0.05, 0) is 28.7 Å². The van der Waals surface area contributed by atoms with Crippen molar-refractivity contribution in [3.63, 3.8) is 0 Å². The lowest BCUT2D eigenvalue weighted by Gasteiger charge is -2.33. The molecule has 3 unspecified atom stereocenters.